The standard InChI is InChI=1S/C17H22N6O2/c1-3-25-16(24)13-4-6-14(7-5-13)19-15-12-18-21-17(20-15)23-10-8-22(2)9-11-23/h4-7,12H,3,8-11H2,1-2H3,(H,19,20,21). The number of ether oxygens (including phenoxy) is 1. The molecule has 1 N–H and O–H groups in total. The number of anilines is 3. The first-order valence-electron chi connectivity index (χ1n) is 8.33. The minimum Gasteiger partial charge on any atom is -0.462 e. The van der Waals surface area contributed by atoms with Crippen LogP contribution in [0.3, 0.4) is 0 Å². The smallest absolute Gasteiger partial charge is 0.338 e. The molecular weight excluding hydrogens is 320 g/mol. The number of carbonyl (C=O) groups is 1. The van der Waals surface area contributed by atoms with E-state index in [0.717, 1.165) is 31.9 Å². The molecule has 0 unspecified atom stereocenters. The van der Waals surface area contributed by atoms with E-state index in [0.29, 0.717) is 23.9 Å². The van der Waals surface area contributed by atoms with Crippen molar-refractivity contribution in [3.8, 4) is 0 Å². The average molecular weight is 342 g/mol. The number of aromatic nitrogens is 3. The van der Waals surface area contributed by atoms with Gasteiger partial charge in [-0.25, -0.2) is 4.79 Å². The van der Waals surface area contributed by atoms with Gasteiger partial charge in [0.2, 0.25) is 5.95 Å². The van der Waals surface area contributed by atoms with Crippen LogP contribution in [0, 0.1) is 0 Å². The van der Waals surface area contributed by atoms with E-state index in [1.54, 1.807) is 25.3 Å². The van der Waals surface area contributed by atoms with Crippen molar-refractivity contribution >= 4 is 23.4 Å². The highest BCUT2D eigenvalue weighted by Crippen LogP contribution is 2.17. The van der Waals surface area contributed by atoms with Gasteiger partial charge in [-0.1, -0.05) is 0 Å². The van der Waals surface area contributed by atoms with Crippen LogP contribution < -0.4 is 10.2 Å². The number of carbonyl (C=O) groups excluding carboxylic acids is 1. The quantitative estimate of drug-likeness (QED) is 0.820. The van der Waals surface area contributed by atoms with Crippen LogP contribution in [-0.4, -0.2) is 65.9 Å². The number of hydrogen-bond donors (Lipinski definition) is 1. The van der Waals surface area contributed by atoms with Crippen molar-refractivity contribution in [2.75, 3.05) is 50.1 Å². The number of hydrogen-bond acceptors (Lipinski definition) is 8. The van der Waals surface area contributed by atoms with Crippen molar-refractivity contribution < 1.29 is 9.53 Å². The molecule has 0 bridgehead atoms. The Bertz CT molecular complexity index is 713. The van der Waals surface area contributed by atoms with Crippen LogP contribution in [-0.2, 0) is 4.74 Å². The van der Waals surface area contributed by atoms with Gasteiger partial charge in [0.05, 0.1) is 18.4 Å². The van der Waals surface area contributed by atoms with Gasteiger partial charge in [0.25, 0.3) is 0 Å². The first-order chi connectivity index (χ1) is 12.2. The second kappa shape index (κ2) is 7.89. The Kier molecular flexibility index (Phi) is 5.39. The summed E-state index contributed by atoms with van der Waals surface area (Å²) in [4.78, 5) is 20.6. The number of piperazine rings is 1. The maximum atomic E-state index is 11.7. The normalized spacial score (nSPS) is 15.0. The SMILES string of the molecule is CCOC(=O)c1ccc(Nc2cnnc(N3CCN(C)CC3)n2)cc1. The van der Waals surface area contributed by atoms with Crippen LogP contribution in [0.4, 0.5) is 17.5 Å². The van der Waals surface area contributed by atoms with Crippen molar-refractivity contribution in [3.05, 3.63) is 36.0 Å². The van der Waals surface area contributed by atoms with Gasteiger partial charge >= 0.3 is 5.97 Å². The lowest BCUT2D eigenvalue weighted by Gasteiger charge is -2.32. The Labute approximate surface area is 146 Å². The topological polar surface area (TPSA) is 83.5 Å². The molecule has 0 spiro atoms. The molecule has 3 rings (SSSR count). The summed E-state index contributed by atoms with van der Waals surface area (Å²) in [5.41, 5.74) is 1.34. The van der Waals surface area contributed by atoms with E-state index >= 15 is 0 Å². The Morgan fingerprint density at radius 3 is 2.60 bits per heavy atom. The van der Waals surface area contributed by atoms with Gasteiger partial charge in [0.15, 0.2) is 5.82 Å². The van der Waals surface area contributed by atoms with E-state index in [-0.39, 0.29) is 5.97 Å². The van der Waals surface area contributed by atoms with Gasteiger partial charge in [-0.15, -0.1) is 5.10 Å². The van der Waals surface area contributed by atoms with E-state index in [2.05, 4.69) is 37.3 Å². The molecule has 0 radical (unpaired) electrons. The maximum absolute atomic E-state index is 11.7. The highest BCUT2D eigenvalue weighted by Gasteiger charge is 2.17. The molecule has 1 aromatic carbocycles. The number of benzene rings is 1. The molecule has 0 aliphatic carbocycles. The second-order valence-electron chi connectivity index (χ2n) is 5.85. The van der Waals surface area contributed by atoms with Crippen molar-refractivity contribution in [1.29, 1.82) is 0 Å². The molecule has 0 atom stereocenters. The molecule has 1 fully saturated rings. The number of esters is 1. The lowest BCUT2D eigenvalue weighted by Crippen LogP contribution is -2.45. The van der Waals surface area contributed by atoms with Gasteiger partial charge in [-0.2, -0.15) is 10.1 Å². The summed E-state index contributed by atoms with van der Waals surface area (Å²) in [7, 11) is 2.11. The Hall–Kier alpha value is -2.74. The summed E-state index contributed by atoms with van der Waals surface area (Å²) in [6, 6.07) is 7.06. The van der Waals surface area contributed by atoms with Crippen molar-refractivity contribution in [1.82, 2.24) is 20.1 Å². The first-order valence-corrected chi connectivity index (χ1v) is 8.33. The number of nitrogens with zero attached hydrogens (tertiary/aromatic N) is 5. The largest absolute Gasteiger partial charge is 0.462 e. The number of likely N-dealkylation sites (N-methyl/N-ethyl adjacent to an activating group) is 1. The van der Waals surface area contributed by atoms with Gasteiger partial charge < -0.3 is 19.9 Å². The third-order valence-electron chi connectivity index (χ3n) is 4.00. The summed E-state index contributed by atoms with van der Waals surface area (Å²) >= 11 is 0. The average Bonchev–Trinajstić information content (AvgIpc) is 2.63. The fourth-order valence-corrected chi connectivity index (χ4v) is 2.55. The monoisotopic (exact) mass is 342 g/mol. The Morgan fingerprint density at radius 1 is 1.20 bits per heavy atom. The molecular formula is C17H22N6O2. The van der Waals surface area contributed by atoms with Gasteiger partial charge in [0, 0.05) is 31.9 Å². The molecule has 2 aromatic rings. The molecule has 8 nitrogen and oxygen atoms in total. The van der Waals surface area contributed by atoms with Gasteiger partial charge in [-0.3, -0.25) is 0 Å². The molecule has 1 aromatic heterocycles. The highest BCUT2D eigenvalue weighted by molar-refractivity contribution is 5.89. The molecule has 1 aliphatic heterocycles. The summed E-state index contributed by atoms with van der Waals surface area (Å²) in [6.07, 6.45) is 1.58. The fourth-order valence-electron chi connectivity index (χ4n) is 2.55. The van der Waals surface area contributed by atoms with E-state index < -0.39 is 0 Å². The molecule has 8 heteroatoms. The Morgan fingerprint density at radius 2 is 1.92 bits per heavy atom. The van der Waals surface area contributed by atoms with Crippen LogP contribution in [0.5, 0.6) is 0 Å². The third-order valence-corrected chi connectivity index (χ3v) is 4.00. The van der Waals surface area contributed by atoms with Gasteiger partial charge in [0.1, 0.15) is 0 Å². The van der Waals surface area contributed by atoms with Crippen molar-refractivity contribution in [3.63, 3.8) is 0 Å². The zero-order valence-electron chi connectivity index (χ0n) is 14.5. The van der Waals surface area contributed by atoms with Crippen molar-refractivity contribution in [2.45, 2.75) is 6.92 Å². The zero-order chi connectivity index (χ0) is 17.6. The molecule has 25 heavy (non-hydrogen) atoms. The van der Waals surface area contributed by atoms with E-state index in [1.165, 1.54) is 0 Å². The summed E-state index contributed by atoms with van der Waals surface area (Å²) in [6.45, 7) is 5.88. The summed E-state index contributed by atoms with van der Waals surface area (Å²) in [5, 5.41) is 11.4. The van der Waals surface area contributed by atoms with Crippen LogP contribution >= 0.6 is 0 Å². The minimum absolute atomic E-state index is 0.324. The molecule has 1 aliphatic rings. The minimum atomic E-state index is -0.324. The van der Waals surface area contributed by atoms with Gasteiger partial charge in [-0.05, 0) is 38.2 Å². The van der Waals surface area contributed by atoms with Crippen LogP contribution in [0.1, 0.15) is 17.3 Å². The number of rotatable bonds is 5. The molecule has 2 heterocycles. The number of nitrogens with one attached hydrogen (secondary N) is 1. The van der Waals surface area contributed by atoms with E-state index in [1.807, 2.05) is 12.1 Å². The Balaban J connectivity index is 1.67. The van der Waals surface area contributed by atoms with Crippen LogP contribution in [0.25, 0.3) is 0 Å². The van der Waals surface area contributed by atoms with Crippen LogP contribution in [0.15, 0.2) is 30.5 Å². The van der Waals surface area contributed by atoms with Crippen molar-refractivity contribution in [2.24, 2.45) is 0 Å². The summed E-state index contributed by atoms with van der Waals surface area (Å²) in [5.74, 6) is 0.921. The van der Waals surface area contributed by atoms with E-state index in [9.17, 15) is 4.79 Å². The first kappa shape index (κ1) is 17.1. The predicted octanol–water partition coefficient (Wildman–Crippen LogP) is 1.54. The molecule has 0 saturated carbocycles. The summed E-state index contributed by atoms with van der Waals surface area (Å²) < 4.78 is 4.98. The third kappa shape index (κ3) is 4.42. The zero-order valence-corrected chi connectivity index (χ0v) is 14.5. The second-order valence-corrected chi connectivity index (χ2v) is 5.85. The molecule has 1 saturated heterocycles. The maximum Gasteiger partial charge on any atom is 0.338 e. The predicted molar refractivity (Wildman–Crippen MR) is 95.2 cm³/mol. The molecule has 0 amide bonds. The lowest BCUT2D eigenvalue weighted by molar-refractivity contribution is 0.0526. The molecule has 132 valence electrons. The fraction of sp³-hybridized carbons (Fsp3) is 0.412. The lowest BCUT2D eigenvalue weighted by atomic mass is 10.2. The van der Waals surface area contributed by atoms with E-state index in [4.69, 9.17) is 4.74 Å². The highest BCUT2D eigenvalue weighted by atomic mass is 16.5. The van der Waals surface area contributed by atoms with Crippen LogP contribution in [0.2, 0.25) is 0 Å².